The number of hydrogen-bond donors (Lipinski definition) is 1. The van der Waals surface area contributed by atoms with Crippen molar-refractivity contribution in [2.24, 2.45) is 0 Å². The van der Waals surface area contributed by atoms with Crippen molar-refractivity contribution in [2.45, 2.75) is 25.9 Å². The molecule has 1 atom stereocenters. The standard InChI is InChI=1S/C16H19N3S/c1-2-8-17-15(13-7-9-20-11-13)10-19-12-18-14-5-3-4-6-16(14)19/h3-7,9,11-12,15,17H,2,8,10H2,1H3. The van der Waals surface area contributed by atoms with Crippen molar-refractivity contribution in [1.82, 2.24) is 14.9 Å². The van der Waals surface area contributed by atoms with E-state index >= 15 is 0 Å². The van der Waals surface area contributed by atoms with Gasteiger partial charge in [0.05, 0.1) is 23.4 Å². The summed E-state index contributed by atoms with van der Waals surface area (Å²) in [5, 5.41) is 8.00. The van der Waals surface area contributed by atoms with Gasteiger partial charge in [-0.2, -0.15) is 11.3 Å². The van der Waals surface area contributed by atoms with Crippen molar-refractivity contribution in [3.8, 4) is 0 Å². The van der Waals surface area contributed by atoms with E-state index in [-0.39, 0.29) is 0 Å². The molecule has 0 saturated heterocycles. The van der Waals surface area contributed by atoms with E-state index in [0.717, 1.165) is 25.0 Å². The Morgan fingerprint density at radius 2 is 2.20 bits per heavy atom. The molecule has 0 spiro atoms. The van der Waals surface area contributed by atoms with Crippen LogP contribution in [0, 0.1) is 0 Å². The van der Waals surface area contributed by atoms with Gasteiger partial charge in [0.1, 0.15) is 0 Å². The van der Waals surface area contributed by atoms with E-state index in [9.17, 15) is 0 Å². The Kier molecular flexibility index (Phi) is 4.14. The molecular formula is C16H19N3S. The minimum atomic E-state index is 0.346. The number of rotatable bonds is 6. The molecule has 20 heavy (non-hydrogen) atoms. The zero-order valence-corrected chi connectivity index (χ0v) is 12.4. The number of nitrogens with one attached hydrogen (secondary N) is 1. The first kappa shape index (κ1) is 13.3. The number of nitrogens with zero attached hydrogens (tertiary/aromatic N) is 2. The number of benzene rings is 1. The molecule has 0 saturated carbocycles. The molecule has 2 aromatic heterocycles. The number of thiophene rings is 1. The molecule has 0 radical (unpaired) electrons. The third-order valence-electron chi connectivity index (χ3n) is 3.49. The maximum Gasteiger partial charge on any atom is 0.0958 e. The highest BCUT2D eigenvalue weighted by Crippen LogP contribution is 2.21. The number of fused-ring (bicyclic) bond motifs is 1. The summed E-state index contributed by atoms with van der Waals surface area (Å²) >= 11 is 1.75. The average Bonchev–Trinajstić information content (AvgIpc) is 3.13. The molecule has 3 nitrogen and oxygen atoms in total. The fourth-order valence-electron chi connectivity index (χ4n) is 2.43. The fourth-order valence-corrected chi connectivity index (χ4v) is 3.15. The number of aromatic nitrogens is 2. The van der Waals surface area contributed by atoms with Gasteiger partial charge in [0.2, 0.25) is 0 Å². The summed E-state index contributed by atoms with van der Waals surface area (Å²) in [5.41, 5.74) is 3.62. The zero-order valence-electron chi connectivity index (χ0n) is 11.6. The summed E-state index contributed by atoms with van der Waals surface area (Å²) in [4.78, 5) is 4.47. The summed E-state index contributed by atoms with van der Waals surface area (Å²) in [5.74, 6) is 0. The largest absolute Gasteiger partial charge is 0.329 e. The van der Waals surface area contributed by atoms with E-state index in [2.05, 4.69) is 56.8 Å². The molecule has 0 aliphatic carbocycles. The second kappa shape index (κ2) is 6.20. The van der Waals surface area contributed by atoms with Crippen LogP contribution in [0.2, 0.25) is 0 Å². The lowest BCUT2D eigenvalue weighted by atomic mass is 10.1. The van der Waals surface area contributed by atoms with Crippen molar-refractivity contribution >= 4 is 22.4 Å². The van der Waals surface area contributed by atoms with Crippen LogP contribution in [0.25, 0.3) is 11.0 Å². The van der Waals surface area contributed by atoms with E-state index in [1.165, 1.54) is 11.1 Å². The number of para-hydroxylation sites is 2. The molecule has 2 heterocycles. The highest BCUT2D eigenvalue weighted by molar-refractivity contribution is 7.07. The molecule has 0 fully saturated rings. The molecule has 0 aliphatic rings. The minimum Gasteiger partial charge on any atom is -0.329 e. The predicted octanol–water partition coefficient (Wildman–Crippen LogP) is 3.84. The summed E-state index contributed by atoms with van der Waals surface area (Å²) in [7, 11) is 0. The molecule has 1 aromatic carbocycles. The zero-order chi connectivity index (χ0) is 13.8. The van der Waals surface area contributed by atoms with Gasteiger partial charge in [-0.3, -0.25) is 0 Å². The second-order valence-corrected chi connectivity index (χ2v) is 5.73. The van der Waals surface area contributed by atoms with Crippen LogP contribution in [0.5, 0.6) is 0 Å². The molecule has 3 rings (SSSR count). The Morgan fingerprint density at radius 1 is 1.30 bits per heavy atom. The van der Waals surface area contributed by atoms with Gasteiger partial charge in [0, 0.05) is 6.54 Å². The van der Waals surface area contributed by atoms with Crippen molar-refractivity contribution in [3.05, 3.63) is 53.0 Å². The Hall–Kier alpha value is -1.65. The van der Waals surface area contributed by atoms with Crippen LogP contribution < -0.4 is 5.32 Å². The van der Waals surface area contributed by atoms with Crippen molar-refractivity contribution < 1.29 is 0 Å². The lowest BCUT2D eigenvalue weighted by Crippen LogP contribution is -2.25. The monoisotopic (exact) mass is 285 g/mol. The molecule has 0 aliphatic heterocycles. The fraction of sp³-hybridized carbons (Fsp3) is 0.312. The number of imidazole rings is 1. The lowest BCUT2D eigenvalue weighted by Gasteiger charge is -2.18. The molecule has 1 unspecified atom stereocenters. The summed E-state index contributed by atoms with van der Waals surface area (Å²) < 4.78 is 2.24. The molecule has 1 N–H and O–H groups in total. The highest BCUT2D eigenvalue weighted by atomic mass is 32.1. The van der Waals surface area contributed by atoms with Crippen LogP contribution in [0.3, 0.4) is 0 Å². The summed E-state index contributed by atoms with van der Waals surface area (Å²) in [6, 6.07) is 10.8. The van der Waals surface area contributed by atoms with Gasteiger partial charge in [0.25, 0.3) is 0 Å². The minimum absolute atomic E-state index is 0.346. The third-order valence-corrected chi connectivity index (χ3v) is 4.19. The van der Waals surface area contributed by atoms with Gasteiger partial charge in [-0.15, -0.1) is 0 Å². The first-order valence-electron chi connectivity index (χ1n) is 7.04. The van der Waals surface area contributed by atoms with Crippen LogP contribution in [-0.4, -0.2) is 16.1 Å². The molecule has 3 aromatic rings. The summed E-state index contributed by atoms with van der Waals surface area (Å²) in [6.07, 6.45) is 3.09. The quantitative estimate of drug-likeness (QED) is 0.746. The van der Waals surface area contributed by atoms with Gasteiger partial charge in [0.15, 0.2) is 0 Å². The molecule has 4 heteroatoms. The SMILES string of the molecule is CCCNC(Cn1cnc2ccccc21)c1ccsc1. The summed E-state index contributed by atoms with van der Waals surface area (Å²) in [6.45, 7) is 4.15. The lowest BCUT2D eigenvalue weighted by molar-refractivity contribution is 0.470. The maximum atomic E-state index is 4.47. The topological polar surface area (TPSA) is 29.9 Å². The molecular weight excluding hydrogens is 266 g/mol. The van der Waals surface area contributed by atoms with Crippen LogP contribution >= 0.6 is 11.3 Å². The van der Waals surface area contributed by atoms with E-state index in [1.54, 1.807) is 11.3 Å². The van der Waals surface area contributed by atoms with Crippen molar-refractivity contribution in [1.29, 1.82) is 0 Å². The van der Waals surface area contributed by atoms with E-state index in [1.807, 2.05) is 12.4 Å². The van der Waals surface area contributed by atoms with Gasteiger partial charge < -0.3 is 9.88 Å². The Balaban J connectivity index is 1.85. The van der Waals surface area contributed by atoms with Crippen molar-refractivity contribution in [2.75, 3.05) is 6.54 Å². The first-order valence-corrected chi connectivity index (χ1v) is 7.98. The van der Waals surface area contributed by atoms with Crippen LogP contribution in [0.1, 0.15) is 24.9 Å². The van der Waals surface area contributed by atoms with Gasteiger partial charge in [-0.05, 0) is 47.5 Å². The van der Waals surface area contributed by atoms with Crippen molar-refractivity contribution in [3.63, 3.8) is 0 Å². The third kappa shape index (κ3) is 2.76. The predicted molar refractivity (Wildman–Crippen MR) is 85.1 cm³/mol. The highest BCUT2D eigenvalue weighted by Gasteiger charge is 2.13. The van der Waals surface area contributed by atoms with Gasteiger partial charge >= 0.3 is 0 Å². The average molecular weight is 285 g/mol. The number of hydrogen-bond acceptors (Lipinski definition) is 3. The Bertz CT molecular complexity index is 657. The van der Waals surface area contributed by atoms with E-state index in [4.69, 9.17) is 0 Å². The van der Waals surface area contributed by atoms with Crippen LogP contribution in [0.15, 0.2) is 47.4 Å². The van der Waals surface area contributed by atoms with Crippen LogP contribution in [-0.2, 0) is 6.54 Å². The molecule has 104 valence electrons. The van der Waals surface area contributed by atoms with Crippen LogP contribution in [0.4, 0.5) is 0 Å². The smallest absolute Gasteiger partial charge is 0.0958 e. The Labute approximate surface area is 123 Å². The van der Waals surface area contributed by atoms with E-state index in [0.29, 0.717) is 6.04 Å². The molecule has 0 amide bonds. The van der Waals surface area contributed by atoms with Gasteiger partial charge in [-0.1, -0.05) is 19.1 Å². The normalized spacial score (nSPS) is 12.8. The second-order valence-electron chi connectivity index (χ2n) is 4.95. The van der Waals surface area contributed by atoms with Gasteiger partial charge in [-0.25, -0.2) is 4.98 Å². The Morgan fingerprint density at radius 3 is 3.00 bits per heavy atom. The van der Waals surface area contributed by atoms with E-state index < -0.39 is 0 Å². The first-order chi connectivity index (χ1) is 9.88. The maximum absolute atomic E-state index is 4.47. The molecule has 0 bridgehead atoms.